The number of halogens is 2. The first-order valence-electron chi connectivity index (χ1n) is 8.36. The van der Waals surface area contributed by atoms with Crippen LogP contribution in [-0.4, -0.2) is 16.1 Å². The Labute approximate surface area is 176 Å². The first kappa shape index (κ1) is 18.7. The average Bonchev–Trinajstić information content (AvgIpc) is 3.01. The maximum atomic E-state index is 13.2. The van der Waals surface area contributed by atoms with Crippen molar-refractivity contribution in [2.24, 2.45) is 4.99 Å². The molecule has 1 fully saturated rings. The maximum absolute atomic E-state index is 13.2. The second-order valence-corrected chi connectivity index (χ2v) is 7.59. The molecule has 0 radical (unpaired) electrons. The molecule has 3 aromatic rings. The summed E-state index contributed by atoms with van der Waals surface area (Å²) in [7, 11) is 0. The molecule has 0 N–H and O–H groups in total. The van der Waals surface area contributed by atoms with Gasteiger partial charge in [0.05, 0.1) is 10.6 Å². The lowest BCUT2D eigenvalue weighted by molar-refractivity contribution is -0.113. The zero-order chi connectivity index (χ0) is 19.5. The molecule has 2 aromatic carbocycles. The Morgan fingerprint density at radius 1 is 0.964 bits per heavy atom. The van der Waals surface area contributed by atoms with Crippen LogP contribution < -0.4 is 4.90 Å². The lowest BCUT2D eigenvalue weighted by Gasteiger charge is -2.15. The smallest absolute Gasteiger partial charge is 0.268 e. The Balaban J connectivity index is 1.81. The predicted molar refractivity (Wildman–Crippen MR) is 117 cm³/mol. The molecule has 138 valence electrons. The number of aliphatic imine (C=N–C) groups is 1. The van der Waals surface area contributed by atoms with E-state index >= 15 is 0 Å². The summed E-state index contributed by atoms with van der Waals surface area (Å²) >= 11 is 13.7. The van der Waals surface area contributed by atoms with Gasteiger partial charge in [0, 0.05) is 11.2 Å². The van der Waals surface area contributed by atoms with Gasteiger partial charge in [-0.25, -0.2) is 9.98 Å². The predicted octanol–water partition coefficient (Wildman–Crippen LogP) is 6.20. The fourth-order valence-corrected chi connectivity index (χ4v) is 3.99. The molecular weight excluding hydrogens is 413 g/mol. The van der Waals surface area contributed by atoms with Crippen molar-refractivity contribution in [3.05, 3.63) is 93.6 Å². The van der Waals surface area contributed by atoms with Crippen LogP contribution in [-0.2, 0) is 4.79 Å². The number of hydrogen-bond donors (Lipinski definition) is 0. The van der Waals surface area contributed by atoms with Gasteiger partial charge >= 0.3 is 0 Å². The zero-order valence-electron chi connectivity index (χ0n) is 14.4. The monoisotopic (exact) mass is 425 g/mol. The number of thioether (sulfide) groups is 1. The minimum Gasteiger partial charge on any atom is -0.268 e. The van der Waals surface area contributed by atoms with Crippen LogP contribution in [0.5, 0.6) is 0 Å². The van der Waals surface area contributed by atoms with Crippen molar-refractivity contribution in [2.75, 3.05) is 4.90 Å². The van der Waals surface area contributed by atoms with Crippen LogP contribution in [0.4, 0.5) is 11.4 Å². The summed E-state index contributed by atoms with van der Waals surface area (Å²) in [6, 6.07) is 20.2. The van der Waals surface area contributed by atoms with Gasteiger partial charge in [0.25, 0.3) is 5.91 Å². The number of para-hydroxylation sites is 1. The van der Waals surface area contributed by atoms with E-state index in [1.807, 2.05) is 48.5 Å². The van der Waals surface area contributed by atoms with E-state index in [1.54, 1.807) is 35.4 Å². The number of nitrogens with zero attached hydrogens (tertiary/aromatic N) is 3. The summed E-state index contributed by atoms with van der Waals surface area (Å²) in [5.41, 5.74) is 1.99. The summed E-state index contributed by atoms with van der Waals surface area (Å²) < 4.78 is 0. The average molecular weight is 426 g/mol. The first-order chi connectivity index (χ1) is 13.6. The molecule has 1 aliphatic heterocycles. The van der Waals surface area contributed by atoms with Crippen molar-refractivity contribution >= 4 is 63.5 Å². The van der Waals surface area contributed by atoms with Crippen LogP contribution in [0.2, 0.25) is 10.2 Å². The summed E-state index contributed by atoms with van der Waals surface area (Å²) in [5, 5.41) is 1.36. The Hall–Kier alpha value is -2.60. The third-order valence-electron chi connectivity index (χ3n) is 3.97. The Kier molecular flexibility index (Phi) is 5.48. The first-order valence-corrected chi connectivity index (χ1v) is 9.93. The molecule has 2 heterocycles. The van der Waals surface area contributed by atoms with Gasteiger partial charge in [-0.1, -0.05) is 59.6 Å². The van der Waals surface area contributed by atoms with Crippen molar-refractivity contribution < 1.29 is 4.79 Å². The van der Waals surface area contributed by atoms with Crippen LogP contribution in [0.3, 0.4) is 0 Å². The molecule has 28 heavy (non-hydrogen) atoms. The molecule has 4 rings (SSSR count). The fraction of sp³-hybridized carbons (Fsp3) is 0. The molecule has 0 saturated carbocycles. The lowest BCUT2D eigenvalue weighted by atomic mass is 10.2. The SMILES string of the molecule is O=C1/C(=C/c2ccccc2Cl)SC(=Nc2cccnc2Cl)N1c1ccccc1. The molecule has 1 aliphatic rings. The number of hydrogen-bond acceptors (Lipinski definition) is 4. The molecule has 1 saturated heterocycles. The van der Waals surface area contributed by atoms with E-state index in [0.717, 1.165) is 11.3 Å². The van der Waals surface area contributed by atoms with Crippen molar-refractivity contribution in [1.29, 1.82) is 0 Å². The van der Waals surface area contributed by atoms with Gasteiger partial charge in [0.1, 0.15) is 5.69 Å². The number of aromatic nitrogens is 1. The van der Waals surface area contributed by atoms with Crippen LogP contribution in [0.25, 0.3) is 6.08 Å². The van der Waals surface area contributed by atoms with Crippen molar-refractivity contribution in [1.82, 2.24) is 4.98 Å². The summed E-state index contributed by atoms with van der Waals surface area (Å²) in [4.78, 5) is 23.9. The minimum atomic E-state index is -0.171. The Bertz CT molecular complexity index is 1100. The molecule has 0 aliphatic carbocycles. The van der Waals surface area contributed by atoms with Crippen molar-refractivity contribution in [3.8, 4) is 0 Å². The molecule has 1 amide bonds. The van der Waals surface area contributed by atoms with Gasteiger partial charge in [0.15, 0.2) is 10.3 Å². The van der Waals surface area contributed by atoms with E-state index in [9.17, 15) is 4.79 Å². The van der Waals surface area contributed by atoms with Crippen LogP contribution in [0.1, 0.15) is 5.56 Å². The third-order valence-corrected chi connectivity index (χ3v) is 5.57. The van der Waals surface area contributed by atoms with E-state index in [4.69, 9.17) is 23.2 Å². The fourth-order valence-electron chi connectivity index (χ4n) is 2.65. The topological polar surface area (TPSA) is 45.6 Å². The largest absolute Gasteiger partial charge is 0.271 e. The number of carbonyl (C=O) groups excluding carboxylic acids is 1. The highest BCUT2D eigenvalue weighted by Crippen LogP contribution is 2.38. The van der Waals surface area contributed by atoms with E-state index in [-0.39, 0.29) is 11.1 Å². The minimum absolute atomic E-state index is 0.171. The highest BCUT2D eigenvalue weighted by atomic mass is 35.5. The Morgan fingerprint density at radius 3 is 2.46 bits per heavy atom. The molecule has 0 spiro atoms. The highest BCUT2D eigenvalue weighted by molar-refractivity contribution is 8.19. The third kappa shape index (κ3) is 3.83. The van der Waals surface area contributed by atoms with Crippen molar-refractivity contribution in [3.63, 3.8) is 0 Å². The van der Waals surface area contributed by atoms with Gasteiger partial charge in [0.2, 0.25) is 0 Å². The second kappa shape index (κ2) is 8.19. The number of carbonyl (C=O) groups is 1. The van der Waals surface area contributed by atoms with Crippen LogP contribution in [0.15, 0.2) is 82.8 Å². The highest BCUT2D eigenvalue weighted by Gasteiger charge is 2.35. The van der Waals surface area contributed by atoms with E-state index < -0.39 is 0 Å². The van der Waals surface area contributed by atoms with E-state index in [1.165, 1.54) is 11.8 Å². The summed E-state index contributed by atoms with van der Waals surface area (Å²) in [6.45, 7) is 0. The van der Waals surface area contributed by atoms with Gasteiger partial charge in [-0.15, -0.1) is 0 Å². The molecule has 4 nitrogen and oxygen atoms in total. The number of pyridine rings is 1. The lowest BCUT2D eigenvalue weighted by Crippen LogP contribution is -2.28. The van der Waals surface area contributed by atoms with Crippen molar-refractivity contribution in [2.45, 2.75) is 0 Å². The van der Waals surface area contributed by atoms with E-state index in [2.05, 4.69) is 9.98 Å². The number of amides is 1. The van der Waals surface area contributed by atoms with Gasteiger partial charge in [-0.05, 0) is 53.7 Å². The maximum Gasteiger partial charge on any atom is 0.271 e. The van der Waals surface area contributed by atoms with Gasteiger partial charge < -0.3 is 0 Å². The number of benzene rings is 2. The second-order valence-electron chi connectivity index (χ2n) is 5.82. The molecule has 0 unspecified atom stereocenters. The van der Waals surface area contributed by atoms with Crippen LogP contribution in [0, 0.1) is 0 Å². The zero-order valence-corrected chi connectivity index (χ0v) is 16.7. The van der Waals surface area contributed by atoms with E-state index in [0.29, 0.717) is 20.8 Å². The number of amidine groups is 1. The summed E-state index contributed by atoms with van der Waals surface area (Å²) in [6.07, 6.45) is 3.37. The number of anilines is 1. The number of rotatable bonds is 3. The normalized spacial score (nSPS) is 16.9. The van der Waals surface area contributed by atoms with Gasteiger partial charge in [-0.3, -0.25) is 9.69 Å². The van der Waals surface area contributed by atoms with Crippen LogP contribution >= 0.6 is 35.0 Å². The van der Waals surface area contributed by atoms with Gasteiger partial charge in [-0.2, -0.15) is 0 Å². The molecular formula is C21H13Cl2N3OS. The molecule has 1 aromatic heterocycles. The Morgan fingerprint density at radius 2 is 1.71 bits per heavy atom. The standard InChI is InChI=1S/C21H13Cl2N3OS/c22-16-10-5-4-7-14(16)13-18-20(27)26(15-8-2-1-3-9-15)21(28-18)25-17-11-6-12-24-19(17)23/h1-13H/b18-13-,25-21?. The molecule has 7 heteroatoms. The molecule has 0 bridgehead atoms. The molecule has 0 atom stereocenters. The quantitative estimate of drug-likeness (QED) is 0.370. The summed E-state index contributed by atoms with van der Waals surface area (Å²) in [5.74, 6) is -0.171.